The summed E-state index contributed by atoms with van der Waals surface area (Å²) in [7, 11) is -3.76. The Labute approximate surface area is 184 Å². The smallest absolute Gasteiger partial charge is 0.315 e. The molecule has 2 aliphatic rings. The summed E-state index contributed by atoms with van der Waals surface area (Å²) in [6.45, 7) is 0.883. The highest BCUT2D eigenvalue weighted by Gasteiger charge is 2.26. The van der Waals surface area contributed by atoms with Crippen molar-refractivity contribution in [2.45, 2.75) is 61.9 Å². The number of rotatable bonds is 6. The molecule has 3 N–H and O–H groups in total. The van der Waals surface area contributed by atoms with E-state index in [0.717, 1.165) is 25.7 Å². The number of likely N-dealkylation sites (tertiary alicyclic amines) is 1. The van der Waals surface area contributed by atoms with Crippen LogP contribution in [-0.2, 0) is 10.0 Å². The summed E-state index contributed by atoms with van der Waals surface area (Å²) in [4.78, 5) is 26.8. The molecule has 3 amide bonds. The summed E-state index contributed by atoms with van der Waals surface area (Å²) in [5.41, 5.74) is 0.310. The van der Waals surface area contributed by atoms with Crippen LogP contribution in [0.15, 0.2) is 29.2 Å². The SMILES string of the molecule is C#CCNS(=O)(=O)c1cccc(C(=O)N2CCC(NC(=O)NC3CCCCC3)CC2)c1. The van der Waals surface area contributed by atoms with Crippen molar-refractivity contribution >= 4 is 22.0 Å². The molecule has 8 nitrogen and oxygen atoms in total. The van der Waals surface area contributed by atoms with Gasteiger partial charge in [-0.2, -0.15) is 4.72 Å². The molecule has 1 saturated carbocycles. The number of hydrogen-bond donors (Lipinski definition) is 3. The second-order valence-corrected chi connectivity index (χ2v) is 9.84. The number of terminal acetylenes is 1. The molecule has 0 atom stereocenters. The Morgan fingerprint density at radius 2 is 1.68 bits per heavy atom. The zero-order chi connectivity index (χ0) is 22.3. The van der Waals surface area contributed by atoms with Crippen molar-refractivity contribution in [1.82, 2.24) is 20.3 Å². The first-order chi connectivity index (χ1) is 14.9. The second-order valence-electron chi connectivity index (χ2n) is 8.08. The van der Waals surface area contributed by atoms with Gasteiger partial charge in [-0.05, 0) is 43.9 Å². The lowest BCUT2D eigenvalue weighted by atomic mass is 9.96. The van der Waals surface area contributed by atoms with E-state index in [1.165, 1.54) is 18.6 Å². The monoisotopic (exact) mass is 446 g/mol. The van der Waals surface area contributed by atoms with Crippen LogP contribution < -0.4 is 15.4 Å². The number of sulfonamides is 1. The van der Waals surface area contributed by atoms with Crippen LogP contribution in [0.25, 0.3) is 0 Å². The number of nitrogens with zero attached hydrogens (tertiary/aromatic N) is 1. The Kier molecular flexibility index (Phi) is 7.93. The fourth-order valence-electron chi connectivity index (χ4n) is 4.09. The average molecular weight is 447 g/mol. The van der Waals surface area contributed by atoms with Crippen molar-refractivity contribution in [2.24, 2.45) is 0 Å². The molecule has 31 heavy (non-hydrogen) atoms. The van der Waals surface area contributed by atoms with Gasteiger partial charge in [0.25, 0.3) is 5.91 Å². The predicted octanol–water partition coefficient (Wildman–Crippen LogP) is 1.83. The molecular formula is C22H30N4O4S. The van der Waals surface area contributed by atoms with Crippen LogP contribution in [0, 0.1) is 12.3 Å². The lowest BCUT2D eigenvalue weighted by Crippen LogP contribution is -2.51. The highest BCUT2D eigenvalue weighted by atomic mass is 32.2. The van der Waals surface area contributed by atoms with Crippen molar-refractivity contribution in [3.63, 3.8) is 0 Å². The number of amides is 3. The van der Waals surface area contributed by atoms with Crippen molar-refractivity contribution in [3.8, 4) is 12.3 Å². The van der Waals surface area contributed by atoms with E-state index >= 15 is 0 Å². The Bertz CT molecular complexity index is 927. The van der Waals surface area contributed by atoms with Crippen LogP contribution in [0.4, 0.5) is 4.79 Å². The van der Waals surface area contributed by atoms with Crippen LogP contribution in [0.2, 0.25) is 0 Å². The van der Waals surface area contributed by atoms with Gasteiger partial charge in [-0.1, -0.05) is 31.2 Å². The molecule has 1 aromatic carbocycles. The summed E-state index contributed by atoms with van der Waals surface area (Å²) in [6.07, 6.45) is 12.1. The normalized spacial score (nSPS) is 18.2. The molecule has 1 aliphatic heterocycles. The summed E-state index contributed by atoms with van der Waals surface area (Å²) in [5.74, 6) is 2.00. The number of hydrogen-bond acceptors (Lipinski definition) is 4. The zero-order valence-corrected chi connectivity index (χ0v) is 18.4. The molecule has 0 spiro atoms. The van der Waals surface area contributed by atoms with Gasteiger partial charge in [-0.25, -0.2) is 13.2 Å². The number of nitrogens with one attached hydrogen (secondary N) is 3. The number of urea groups is 1. The van der Waals surface area contributed by atoms with E-state index in [1.807, 2.05) is 0 Å². The number of benzene rings is 1. The van der Waals surface area contributed by atoms with E-state index in [0.29, 0.717) is 31.5 Å². The van der Waals surface area contributed by atoms with Gasteiger partial charge in [0.2, 0.25) is 10.0 Å². The molecule has 0 radical (unpaired) electrons. The van der Waals surface area contributed by atoms with Gasteiger partial charge < -0.3 is 15.5 Å². The van der Waals surface area contributed by atoms with E-state index in [9.17, 15) is 18.0 Å². The average Bonchev–Trinajstić information content (AvgIpc) is 2.78. The maximum atomic E-state index is 12.9. The molecule has 1 saturated heterocycles. The minimum Gasteiger partial charge on any atom is -0.338 e. The van der Waals surface area contributed by atoms with Crippen molar-refractivity contribution in [1.29, 1.82) is 0 Å². The molecule has 0 bridgehead atoms. The maximum Gasteiger partial charge on any atom is 0.315 e. The zero-order valence-electron chi connectivity index (χ0n) is 17.6. The standard InChI is InChI=1S/C22H30N4O4S/c1-2-13-23-31(29,30)20-10-6-7-17(16-20)21(27)26-14-11-19(12-15-26)25-22(28)24-18-8-4-3-5-9-18/h1,6-7,10,16,18-19,23H,3-5,8-9,11-15H2,(H2,24,25,28). The highest BCUT2D eigenvalue weighted by molar-refractivity contribution is 7.89. The maximum absolute atomic E-state index is 12.9. The van der Waals surface area contributed by atoms with E-state index in [4.69, 9.17) is 6.42 Å². The van der Waals surface area contributed by atoms with Crippen LogP contribution in [-0.4, -0.2) is 57.0 Å². The molecule has 2 fully saturated rings. The highest BCUT2D eigenvalue weighted by Crippen LogP contribution is 2.19. The van der Waals surface area contributed by atoms with Gasteiger partial charge in [0, 0.05) is 30.7 Å². The van der Waals surface area contributed by atoms with Crippen molar-refractivity contribution in [2.75, 3.05) is 19.6 Å². The molecule has 3 rings (SSSR count). The quantitative estimate of drug-likeness (QED) is 0.580. The largest absolute Gasteiger partial charge is 0.338 e. The van der Waals surface area contributed by atoms with Crippen LogP contribution >= 0.6 is 0 Å². The van der Waals surface area contributed by atoms with Crippen molar-refractivity contribution in [3.05, 3.63) is 29.8 Å². The third-order valence-electron chi connectivity index (χ3n) is 5.81. The first kappa shape index (κ1) is 23.1. The van der Waals surface area contributed by atoms with Crippen LogP contribution in [0.1, 0.15) is 55.3 Å². The van der Waals surface area contributed by atoms with Gasteiger partial charge in [-0.15, -0.1) is 6.42 Å². The molecule has 0 unspecified atom stereocenters. The lowest BCUT2D eigenvalue weighted by molar-refractivity contribution is 0.0708. The molecule has 1 aromatic rings. The van der Waals surface area contributed by atoms with Crippen LogP contribution in [0.3, 0.4) is 0 Å². The summed E-state index contributed by atoms with van der Waals surface area (Å²) < 4.78 is 26.8. The minimum absolute atomic E-state index is 0.00420. The number of carbonyl (C=O) groups is 2. The van der Waals surface area contributed by atoms with Gasteiger partial charge in [0.15, 0.2) is 0 Å². The molecule has 9 heteroatoms. The molecule has 1 aliphatic carbocycles. The van der Waals surface area contributed by atoms with Gasteiger partial charge in [0.05, 0.1) is 11.4 Å². The van der Waals surface area contributed by atoms with Gasteiger partial charge in [0.1, 0.15) is 0 Å². The van der Waals surface area contributed by atoms with Gasteiger partial charge >= 0.3 is 6.03 Å². The number of carbonyl (C=O) groups excluding carboxylic acids is 2. The predicted molar refractivity (Wildman–Crippen MR) is 118 cm³/mol. The first-order valence-electron chi connectivity index (χ1n) is 10.8. The molecule has 0 aromatic heterocycles. The van der Waals surface area contributed by atoms with Crippen LogP contribution in [0.5, 0.6) is 0 Å². The van der Waals surface area contributed by atoms with E-state index in [-0.39, 0.29) is 35.5 Å². The minimum atomic E-state index is -3.76. The van der Waals surface area contributed by atoms with E-state index in [1.54, 1.807) is 17.0 Å². The number of piperidine rings is 1. The Hall–Kier alpha value is -2.57. The van der Waals surface area contributed by atoms with E-state index in [2.05, 4.69) is 21.3 Å². The molecular weight excluding hydrogens is 416 g/mol. The van der Waals surface area contributed by atoms with Crippen molar-refractivity contribution < 1.29 is 18.0 Å². The molecule has 168 valence electrons. The second kappa shape index (κ2) is 10.6. The fourth-order valence-corrected chi connectivity index (χ4v) is 5.07. The lowest BCUT2D eigenvalue weighted by Gasteiger charge is -2.33. The molecule has 1 heterocycles. The third-order valence-corrected chi connectivity index (χ3v) is 7.21. The topological polar surface area (TPSA) is 108 Å². The Balaban J connectivity index is 1.51. The summed E-state index contributed by atoms with van der Waals surface area (Å²) >= 11 is 0. The summed E-state index contributed by atoms with van der Waals surface area (Å²) in [6, 6.07) is 6.09. The Morgan fingerprint density at radius 1 is 1.03 bits per heavy atom. The van der Waals surface area contributed by atoms with Gasteiger partial charge in [-0.3, -0.25) is 4.79 Å². The Morgan fingerprint density at radius 3 is 2.32 bits per heavy atom. The van der Waals surface area contributed by atoms with E-state index < -0.39 is 10.0 Å². The first-order valence-corrected chi connectivity index (χ1v) is 12.3. The third kappa shape index (κ3) is 6.45. The summed E-state index contributed by atoms with van der Waals surface area (Å²) in [5, 5.41) is 6.08. The fraction of sp³-hybridized carbons (Fsp3) is 0.545.